The van der Waals surface area contributed by atoms with E-state index in [0.717, 1.165) is 0 Å². The van der Waals surface area contributed by atoms with Crippen LogP contribution in [0.3, 0.4) is 0 Å². The fraction of sp³-hybridized carbons (Fsp3) is 0.875. The smallest absolute Gasteiger partial charge is 0.168 e. The van der Waals surface area contributed by atoms with Gasteiger partial charge in [0.05, 0.1) is 13.2 Å². The molecule has 0 aromatic rings. The molecule has 0 bridgehead atoms. The number of fused-ring (bicyclic) bond motifs is 1. The lowest BCUT2D eigenvalue weighted by molar-refractivity contribution is -0.155. The highest BCUT2D eigenvalue weighted by molar-refractivity contribution is 8.15. The highest BCUT2D eigenvalue weighted by Crippen LogP contribution is 2.43. The van der Waals surface area contributed by atoms with Crippen molar-refractivity contribution in [3.63, 3.8) is 0 Å². The van der Waals surface area contributed by atoms with Gasteiger partial charge in [0.25, 0.3) is 0 Å². The molecular weight excluding hydrogens is 220 g/mol. The van der Waals surface area contributed by atoms with Gasteiger partial charge in [-0.1, -0.05) is 0 Å². The minimum atomic E-state index is -0.996. The summed E-state index contributed by atoms with van der Waals surface area (Å²) in [6.45, 7) is -0.238. The Kier molecular flexibility index (Phi) is 2.91. The Bertz CT molecular complexity index is 288. The van der Waals surface area contributed by atoms with Gasteiger partial charge < -0.3 is 25.4 Å². The van der Waals surface area contributed by atoms with Crippen LogP contribution in [0.5, 0.6) is 0 Å². The monoisotopic (exact) mass is 234 g/mol. The van der Waals surface area contributed by atoms with Crippen LogP contribution in [-0.4, -0.2) is 63.9 Å². The Hall–Kier alpha value is -0.340. The number of nitrogens with zero attached hydrogens (tertiary/aromatic N) is 1. The molecule has 4 N–H and O–H groups in total. The Morgan fingerprint density at radius 1 is 1.67 bits per heavy atom. The molecule has 2 aliphatic heterocycles. The quantitative estimate of drug-likeness (QED) is 0.424. The van der Waals surface area contributed by atoms with Crippen molar-refractivity contribution in [2.24, 2.45) is 4.99 Å². The van der Waals surface area contributed by atoms with E-state index in [4.69, 9.17) is 4.74 Å². The van der Waals surface area contributed by atoms with Crippen LogP contribution in [-0.2, 0) is 4.74 Å². The van der Waals surface area contributed by atoms with Crippen molar-refractivity contribution in [1.29, 1.82) is 0 Å². The van der Waals surface area contributed by atoms with Crippen molar-refractivity contribution in [3.8, 4) is 0 Å². The van der Waals surface area contributed by atoms with E-state index in [9.17, 15) is 15.3 Å². The lowest BCUT2D eigenvalue weighted by Crippen LogP contribution is -2.58. The number of aliphatic hydroxyl groups excluding tert-OH is 3. The molecule has 0 aromatic heterocycles. The third-order valence-corrected chi connectivity index (χ3v) is 3.96. The number of aliphatic imine (C=N–C) groups is 1. The zero-order chi connectivity index (χ0) is 11.1. The molecule has 2 rings (SSSR count). The maximum Gasteiger partial charge on any atom is 0.168 e. The summed E-state index contributed by atoms with van der Waals surface area (Å²) in [6, 6.07) is -0.626. The van der Waals surface area contributed by atoms with Crippen molar-refractivity contribution < 1.29 is 20.1 Å². The molecule has 86 valence electrons. The number of amidine groups is 1. The second kappa shape index (κ2) is 3.91. The number of ether oxygens (including phenoxy) is 1. The van der Waals surface area contributed by atoms with E-state index in [1.54, 1.807) is 7.05 Å². The van der Waals surface area contributed by atoms with Crippen LogP contribution in [0.4, 0.5) is 0 Å². The van der Waals surface area contributed by atoms with E-state index in [0.29, 0.717) is 5.17 Å². The Labute approximate surface area is 91.3 Å². The Balaban J connectivity index is 2.25. The lowest BCUT2D eigenvalue weighted by atomic mass is 9.98. The highest BCUT2D eigenvalue weighted by atomic mass is 32.2. The topological polar surface area (TPSA) is 94.3 Å². The fourth-order valence-electron chi connectivity index (χ4n) is 1.75. The summed E-state index contributed by atoms with van der Waals surface area (Å²) in [7, 11) is 1.71. The molecule has 0 aliphatic carbocycles. The van der Waals surface area contributed by atoms with Crippen LogP contribution >= 0.6 is 11.8 Å². The summed E-state index contributed by atoms with van der Waals surface area (Å²) in [6.07, 6.45) is -1.94. The average Bonchev–Trinajstić information content (AvgIpc) is 2.64. The lowest BCUT2D eigenvalue weighted by Gasteiger charge is -2.40. The van der Waals surface area contributed by atoms with Crippen LogP contribution in [0.15, 0.2) is 4.99 Å². The number of nitrogens with one attached hydrogen (secondary N) is 1. The zero-order valence-corrected chi connectivity index (χ0v) is 9.07. The molecule has 15 heavy (non-hydrogen) atoms. The second-order valence-electron chi connectivity index (χ2n) is 3.57. The van der Waals surface area contributed by atoms with Gasteiger partial charge in [-0.15, -0.1) is 0 Å². The molecule has 0 spiro atoms. The van der Waals surface area contributed by atoms with E-state index in [1.807, 2.05) is 0 Å². The summed E-state index contributed by atoms with van der Waals surface area (Å²) in [5.41, 5.74) is 0. The Morgan fingerprint density at radius 2 is 2.40 bits per heavy atom. The molecule has 1 saturated heterocycles. The van der Waals surface area contributed by atoms with Gasteiger partial charge in [0.2, 0.25) is 0 Å². The van der Waals surface area contributed by atoms with Crippen molar-refractivity contribution in [2.45, 2.75) is 23.2 Å². The van der Waals surface area contributed by atoms with Crippen molar-refractivity contribution >= 4 is 16.9 Å². The average molecular weight is 234 g/mol. The molecule has 4 atom stereocenters. The highest BCUT2D eigenvalue weighted by Gasteiger charge is 2.54. The number of hydrogen-bond acceptors (Lipinski definition) is 7. The molecule has 1 fully saturated rings. The van der Waals surface area contributed by atoms with Crippen LogP contribution in [0.25, 0.3) is 0 Å². The van der Waals surface area contributed by atoms with Gasteiger partial charge in [0.1, 0.15) is 18.2 Å². The molecule has 0 radical (unpaired) electrons. The van der Waals surface area contributed by atoms with Gasteiger partial charge in [0.15, 0.2) is 10.1 Å². The van der Waals surface area contributed by atoms with Gasteiger partial charge in [-0.3, -0.25) is 4.99 Å². The zero-order valence-electron chi connectivity index (χ0n) is 8.25. The molecule has 0 aromatic carbocycles. The van der Waals surface area contributed by atoms with E-state index in [2.05, 4.69) is 10.3 Å². The molecule has 6 nitrogen and oxygen atoms in total. The molecule has 0 amide bonds. The second-order valence-corrected chi connectivity index (χ2v) is 4.85. The van der Waals surface area contributed by atoms with Crippen molar-refractivity contribution in [3.05, 3.63) is 0 Å². The fourth-order valence-corrected chi connectivity index (χ4v) is 2.85. The van der Waals surface area contributed by atoms with E-state index in [1.165, 1.54) is 11.8 Å². The largest absolute Gasteiger partial charge is 0.392 e. The van der Waals surface area contributed by atoms with Crippen LogP contribution in [0.1, 0.15) is 0 Å². The first-order chi connectivity index (χ1) is 7.13. The summed E-state index contributed by atoms with van der Waals surface area (Å²) in [4.78, 5) is 3.23. The van der Waals surface area contributed by atoms with Crippen LogP contribution in [0, 0.1) is 0 Å². The van der Waals surface area contributed by atoms with E-state index < -0.39 is 23.2 Å². The van der Waals surface area contributed by atoms with Crippen molar-refractivity contribution in [2.75, 3.05) is 20.3 Å². The maximum absolute atomic E-state index is 9.77. The number of rotatable bonds is 1. The van der Waals surface area contributed by atoms with Gasteiger partial charge >= 0.3 is 0 Å². The predicted octanol–water partition coefficient (Wildman–Crippen LogP) is -1.88. The molecule has 2 aliphatic rings. The Morgan fingerprint density at radius 3 is 3.00 bits per heavy atom. The van der Waals surface area contributed by atoms with E-state index in [-0.39, 0.29) is 13.2 Å². The first-order valence-electron chi connectivity index (χ1n) is 4.68. The normalized spacial score (nSPS) is 44.8. The SMILES string of the molecule is CNC1=NC2C(O)C(O)COC2(CO)S1. The van der Waals surface area contributed by atoms with Gasteiger partial charge in [0, 0.05) is 7.05 Å². The number of aliphatic hydroxyl groups is 3. The first kappa shape index (κ1) is 11.2. The van der Waals surface area contributed by atoms with Crippen LogP contribution < -0.4 is 5.32 Å². The van der Waals surface area contributed by atoms with Gasteiger partial charge in [-0.05, 0) is 11.8 Å². The first-order valence-corrected chi connectivity index (χ1v) is 5.50. The molecule has 7 heteroatoms. The van der Waals surface area contributed by atoms with Gasteiger partial charge in [-0.2, -0.15) is 0 Å². The molecule has 2 heterocycles. The maximum atomic E-state index is 9.77. The van der Waals surface area contributed by atoms with Crippen molar-refractivity contribution in [1.82, 2.24) is 5.32 Å². The molecule has 4 unspecified atom stereocenters. The third-order valence-electron chi connectivity index (χ3n) is 2.63. The molecular formula is C8H14N2O4S. The minimum absolute atomic E-state index is 0.0116. The summed E-state index contributed by atoms with van der Waals surface area (Å²) in [5, 5.41) is 32.0. The predicted molar refractivity (Wildman–Crippen MR) is 55.7 cm³/mol. The summed E-state index contributed by atoms with van der Waals surface area (Å²) >= 11 is 1.24. The summed E-state index contributed by atoms with van der Waals surface area (Å²) < 4.78 is 5.40. The number of thioether (sulfide) groups is 1. The standard InChI is InChI=1S/C8H14N2O4S/c1-9-7-10-6-5(13)4(12)2-14-8(6,3-11)15-7/h4-6,11-13H,2-3H2,1H3,(H,9,10). The minimum Gasteiger partial charge on any atom is -0.392 e. The van der Waals surface area contributed by atoms with Gasteiger partial charge in [-0.25, -0.2) is 0 Å². The van der Waals surface area contributed by atoms with Crippen LogP contribution in [0.2, 0.25) is 0 Å². The van der Waals surface area contributed by atoms with E-state index >= 15 is 0 Å². The molecule has 0 saturated carbocycles. The third kappa shape index (κ3) is 1.64. The number of hydrogen-bond donors (Lipinski definition) is 4. The summed E-state index contributed by atoms with van der Waals surface area (Å²) in [5.74, 6) is 0.